The Morgan fingerprint density at radius 2 is 2.00 bits per heavy atom. The average Bonchev–Trinajstić information content (AvgIpc) is 3.01. The Hall–Kier alpha value is -2.00. The fourth-order valence-electron chi connectivity index (χ4n) is 3.17. The number of ether oxygens (including phenoxy) is 1. The van der Waals surface area contributed by atoms with Gasteiger partial charge in [-0.3, -0.25) is 10.1 Å². The molecule has 2 saturated heterocycles. The predicted molar refractivity (Wildman–Crippen MR) is 97.6 cm³/mol. The molecule has 0 radical (unpaired) electrons. The van der Waals surface area contributed by atoms with E-state index in [2.05, 4.69) is 10.3 Å². The molecule has 2 aliphatic heterocycles. The van der Waals surface area contributed by atoms with Gasteiger partial charge in [0, 0.05) is 38.8 Å². The van der Waals surface area contributed by atoms with Crippen LogP contribution in [0.5, 0.6) is 0 Å². The highest BCUT2D eigenvalue weighted by Gasteiger charge is 2.43. The lowest BCUT2D eigenvalue weighted by molar-refractivity contribution is -0.134. The standard InChI is InChI=1S/C17H22F2N4O3.ClH/c1-2-26-16(25)12-3-4-14(20-10-12)22-5-7-23(8-6-22)15(24)13-9-17(18,19)11-21-13;/h3-4,10,13,21H,2,5-9,11H2,1H3;1H. The molecule has 2 fully saturated rings. The number of carbonyl (C=O) groups excluding carboxylic acids is 2. The summed E-state index contributed by atoms with van der Waals surface area (Å²) in [5.41, 5.74) is 0.387. The topological polar surface area (TPSA) is 74.8 Å². The number of amides is 1. The van der Waals surface area contributed by atoms with Crippen LogP contribution in [-0.2, 0) is 9.53 Å². The van der Waals surface area contributed by atoms with Crippen LogP contribution in [0.15, 0.2) is 18.3 Å². The molecule has 27 heavy (non-hydrogen) atoms. The number of alkyl halides is 2. The molecular formula is C17H23ClF2N4O3. The zero-order chi connectivity index (χ0) is 18.7. The highest BCUT2D eigenvalue weighted by molar-refractivity contribution is 5.89. The van der Waals surface area contributed by atoms with Crippen LogP contribution in [0.1, 0.15) is 23.7 Å². The van der Waals surface area contributed by atoms with Gasteiger partial charge in [0.05, 0.1) is 24.8 Å². The molecule has 7 nitrogen and oxygen atoms in total. The Labute approximate surface area is 162 Å². The maximum absolute atomic E-state index is 13.3. The van der Waals surface area contributed by atoms with E-state index in [9.17, 15) is 18.4 Å². The molecule has 0 bridgehead atoms. The van der Waals surface area contributed by atoms with E-state index >= 15 is 0 Å². The molecular weight excluding hydrogens is 382 g/mol. The predicted octanol–water partition coefficient (Wildman–Crippen LogP) is 1.33. The van der Waals surface area contributed by atoms with Crippen molar-refractivity contribution in [1.29, 1.82) is 0 Å². The number of piperazine rings is 1. The van der Waals surface area contributed by atoms with Crippen molar-refractivity contribution in [2.24, 2.45) is 0 Å². The minimum atomic E-state index is -2.81. The van der Waals surface area contributed by atoms with Crippen LogP contribution < -0.4 is 10.2 Å². The molecule has 3 rings (SSSR count). The number of hydrogen-bond acceptors (Lipinski definition) is 6. The normalized spacial score (nSPS) is 21.5. The third kappa shape index (κ3) is 5.04. The number of carbonyl (C=O) groups is 2. The zero-order valence-electron chi connectivity index (χ0n) is 15.0. The monoisotopic (exact) mass is 404 g/mol. The van der Waals surface area contributed by atoms with Gasteiger partial charge in [-0.2, -0.15) is 0 Å². The van der Waals surface area contributed by atoms with Gasteiger partial charge in [0.1, 0.15) is 5.82 Å². The number of anilines is 1. The van der Waals surface area contributed by atoms with E-state index in [1.165, 1.54) is 6.20 Å². The van der Waals surface area contributed by atoms with Gasteiger partial charge in [-0.05, 0) is 19.1 Å². The molecule has 10 heteroatoms. The molecule has 0 saturated carbocycles. The summed E-state index contributed by atoms with van der Waals surface area (Å²) in [4.78, 5) is 31.9. The molecule has 1 aromatic rings. The Balaban J connectivity index is 0.00000261. The number of pyridine rings is 1. The fraction of sp³-hybridized carbons (Fsp3) is 0.588. The molecule has 0 aliphatic carbocycles. The van der Waals surface area contributed by atoms with E-state index in [1.54, 1.807) is 24.0 Å². The third-order valence-corrected chi connectivity index (χ3v) is 4.58. The maximum atomic E-state index is 13.3. The molecule has 1 unspecified atom stereocenters. The minimum Gasteiger partial charge on any atom is -0.462 e. The maximum Gasteiger partial charge on any atom is 0.339 e. The summed E-state index contributed by atoms with van der Waals surface area (Å²) in [7, 11) is 0. The highest BCUT2D eigenvalue weighted by Crippen LogP contribution is 2.26. The van der Waals surface area contributed by atoms with Crippen molar-refractivity contribution in [2.45, 2.75) is 25.3 Å². The first-order valence-corrected chi connectivity index (χ1v) is 8.68. The number of hydrogen-bond donors (Lipinski definition) is 1. The van der Waals surface area contributed by atoms with E-state index in [4.69, 9.17) is 4.74 Å². The molecule has 2 aliphatic rings. The number of nitrogens with one attached hydrogen (secondary N) is 1. The molecule has 1 atom stereocenters. The number of esters is 1. The van der Waals surface area contributed by atoms with E-state index in [1.807, 2.05) is 4.90 Å². The van der Waals surface area contributed by atoms with Gasteiger partial charge in [0.15, 0.2) is 0 Å². The van der Waals surface area contributed by atoms with E-state index < -0.39 is 30.9 Å². The van der Waals surface area contributed by atoms with E-state index in [0.29, 0.717) is 44.2 Å². The summed E-state index contributed by atoms with van der Waals surface area (Å²) >= 11 is 0. The molecule has 1 aromatic heterocycles. The van der Waals surface area contributed by atoms with Crippen molar-refractivity contribution in [3.63, 3.8) is 0 Å². The first-order chi connectivity index (χ1) is 12.4. The van der Waals surface area contributed by atoms with Crippen molar-refractivity contribution >= 4 is 30.1 Å². The quantitative estimate of drug-likeness (QED) is 0.763. The fourth-order valence-corrected chi connectivity index (χ4v) is 3.17. The summed E-state index contributed by atoms with van der Waals surface area (Å²) in [6.07, 6.45) is 1.03. The van der Waals surface area contributed by atoms with Crippen LogP contribution in [0.4, 0.5) is 14.6 Å². The van der Waals surface area contributed by atoms with Crippen LogP contribution in [0.2, 0.25) is 0 Å². The van der Waals surface area contributed by atoms with Gasteiger partial charge in [0.2, 0.25) is 5.91 Å². The largest absolute Gasteiger partial charge is 0.462 e. The van der Waals surface area contributed by atoms with Gasteiger partial charge in [-0.25, -0.2) is 18.6 Å². The SMILES string of the molecule is CCOC(=O)c1ccc(N2CCN(C(=O)C3CC(F)(F)CN3)CC2)nc1.Cl. The lowest BCUT2D eigenvalue weighted by Gasteiger charge is -2.36. The minimum absolute atomic E-state index is 0. The van der Waals surface area contributed by atoms with Gasteiger partial charge >= 0.3 is 5.97 Å². The first-order valence-electron chi connectivity index (χ1n) is 8.68. The van der Waals surface area contributed by atoms with Crippen molar-refractivity contribution in [3.05, 3.63) is 23.9 Å². The van der Waals surface area contributed by atoms with Crippen LogP contribution in [0.25, 0.3) is 0 Å². The zero-order valence-corrected chi connectivity index (χ0v) is 15.8. The molecule has 1 amide bonds. The lowest BCUT2D eigenvalue weighted by Crippen LogP contribution is -2.53. The van der Waals surface area contributed by atoms with Crippen molar-refractivity contribution in [1.82, 2.24) is 15.2 Å². The molecule has 0 spiro atoms. The molecule has 3 heterocycles. The Bertz CT molecular complexity index is 667. The van der Waals surface area contributed by atoms with Crippen LogP contribution in [0, 0.1) is 0 Å². The lowest BCUT2D eigenvalue weighted by atomic mass is 10.1. The van der Waals surface area contributed by atoms with Gasteiger partial charge < -0.3 is 14.5 Å². The third-order valence-electron chi connectivity index (χ3n) is 4.58. The van der Waals surface area contributed by atoms with Gasteiger partial charge in [0.25, 0.3) is 5.92 Å². The Kier molecular flexibility index (Phi) is 6.94. The average molecular weight is 405 g/mol. The first kappa shape index (κ1) is 21.3. The summed E-state index contributed by atoms with van der Waals surface area (Å²) in [5.74, 6) is -2.79. The summed E-state index contributed by atoms with van der Waals surface area (Å²) in [6.45, 7) is 3.61. The van der Waals surface area contributed by atoms with Crippen LogP contribution in [-0.4, -0.2) is 73.1 Å². The van der Waals surface area contributed by atoms with Gasteiger partial charge in [-0.15, -0.1) is 12.4 Å². The van der Waals surface area contributed by atoms with Crippen molar-refractivity contribution in [3.8, 4) is 0 Å². The number of halogens is 3. The second-order valence-electron chi connectivity index (χ2n) is 6.43. The summed E-state index contributed by atoms with van der Waals surface area (Å²) in [5, 5.41) is 2.60. The second kappa shape index (κ2) is 8.79. The number of nitrogens with zero attached hydrogens (tertiary/aromatic N) is 3. The summed E-state index contributed by atoms with van der Waals surface area (Å²) < 4.78 is 31.4. The molecule has 0 aromatic carbocycles. The molecule has 1 N–H and O–H groups in total. The smallest absolute Gasteiger partial charge is 0.339 e. The highest BCUT2D eigenvalue weighted by atomic mass is 35.5. The van der Waals surface area contributed by atoms with E-state index in [-0.39, 0.29) is 18.3 Å². The second-order valence-corrected chi connectivity index (χ2v) is 6.43. The molecule has 150 valence electrons. The van der Waals surface area contributed by atoms with Crippen LogP contribution >= 0.6 is 12.4 Å². The van der Waals surface area contributed by atoms with Crippen molar-refractivity contribution < 1.29 is 23.1 Å². The van der Waals surface area contributed by atoms with Crippen molar-refractivity contribution in [2.75, 3.05) is 44.2 Å². The van der Waals surface area contributed by atoms with E-state index in [0.717, 1.165) is 0 Å². The number of aromatic nitrogens is 1. The summed E-state index contributed by atoms with van der Waals surface area (Å²) in [6, 6.07) is 2.59. The van der Waals surface area contributed by atoms with Gasteiger partial charge in [-0.1, -0.05) is 0 Å². The Morgan fingerprint density at radius 1 is 1.30 bits per heavy atom. The van der Waals surface area contributed by atoms with Crippen LogP contribution in [0.3, 0.4) is 0 Å². The Morgan fingerprint density at radius 3 is 2.52 bits per heavy atom. The number of rotatable bonds is 4.